The van der Waals surface area contributed by atoms with Crippen molar-refractivity contribution in [2.24, 2.45) is 5.41 Å². The number of rotatable bonds is 2. The third kappa shape index (κ3) is 2.99. The number of nitrogens with zero attached hydrogens (tertiary/aromatic N) is 1. The van der Waals surface area contributed by atoms with Crippen LogP contribution in [0.3, 0.4) is 0 Å². The van der Waals surface area contributed by atoms with Crippen molar-refractivity contribution in [3.63, 3.8) is 0 Å². The second kappa shape index (κ2) is 5.00. The Balaban J connectivity index is 2.10. The van der Waals surface area contributed by atoms with Crippen molar-refractivity contribution in [2.45, 2.75) is 63.3 Å². The lowest BCUT2D eigenvalue weighted by molar-refractivity contribution is -0.158. The van der Waals surface area contributed by atoms with Gasteiger partial charge in [-0.05, 0) is 44.6 Å². The van der Waals surface area contributed by atoms with Gasteiger partial charge in [-0.2, -0.15) is 13.2 Å². The third-order valence-corrected chi connectivity index (χ3v) is 4.74. The number of alkyl halides is 3. The third-order valence-electron chi connectivity index (χ3n) is 4.74. The molecular formula is C13H22F3NO. The summed E-state index contributed by atoms with van der Waals surface area (Å²) in [6.45, 7) is -0.869. The van der Waals surface area contributed by atoms with E-state index < -0.39 is 18.8 Å². The van der Waals surface area contributed by atoms with Gasteiger partial charge in [0.2, 0.25) is 0 Å². The van der Waals surface area contributed by atoms with E-state index in [1.54, 1.807) is 7.05 Å². The smallest absolute Gasteiger partial charge is 0.393 e. The average molecular weight is 265 g/mol. The van der Waals surface area contributed by atoms with Crippen LogP contribution < -0.4 is 0 Å². The summed E-state index contributed by atoms with van der Waals surface area (Å²) in [6, 6.07) is -0.120. The summed E-state index contributed by atoms with van der Waals surface area (Å²) in [5, 5.41) is 9.76. The fourth-order valence-electron chi connectivity index (χ4n) is 3.95. The van der Waals surface area contributed by atoms with Gasteiger partial charge in [0.15, 0.2) is 0 Å². The molecule has 0 heterocycles. The van der Waals surface area contributed by atoms with Crippen molar-refractivity contribution in [3.8, 4) is 0 Å². The van der Waals surface area contributed by atoms with E-state index in [-0.39, 0.29) is 11.5 Å². The zero-order valence-corrected chi connectivity index (χ0v) is 10.8. The Hall–Kier alpha value is -0.290. The molecule has 0 saturated heterocycles. The van der Waals surface area contributed by atoms with E-state index in [1.807, 2.05) is 0 Å². The van der Waals surface area contributed by atoms with Crippen LogP contribution in [0.15, 0.2) is 0 Å². The van der Waals surface area contributed by atoms with Crippen LogP contribution in [-0.4, -0.2) is 41.9 Å². The van der Waals surface area contributed by atoms with Crippen molar-refractivity contribution in [1.82, 2.24) is 4.90 Å². The number of aliphatic hydroxyl groups excluding tert-OH is 1. The largest absolute Gasteiger partial charge is 0.401 e. The van der Waals surface area contributed by atoms with Gasteiger partial charge in [-0.15, -0.1) is 0 Å². The van der Waals surface area contributed by atoms with Crippen molar-refractivity contribution in [1.29, 1.82) is 0 Å². The van der Waals surface area contributed by atoms with Crippen LogP contribution >= 0.6 is 0 Å². The molecule has 2 saturated carbocycles. The zero-order chi connectivity index (χ0) is 13.4. The number of hydrogen-bond acceptors (Lipinski definition) is 2. The zero-order valence-electron chi connectivity index (χ0n) is 10.8. The first kappa shape index (κ1) is 14.1. The highest BCUT2D eigenvalue weighted by Gasteiger charge is 2.48. The Labute approximate surface area is 106 Å². The molecule has 2 nitrogen and oxygen atoms in total. The maximum atomic E-state index is 12.5. The molecule has 1 spiro atoms. The van der Waals surface area contributed by atoms with Crippen LogP contribution in [0.5, 0.6) is 0 Å². The van der Waals surface area contributed by atoms with Crippen LogP contribution in [-0.2, 0) is 0 Å². The quantitative estimate of drug-likeness (QED) is 0.829. The van der Waals surface area contributed by atoms with Gasteiger partial charge < -0.3 is 5.11 Å². The lowest BCUT2D eigenvalue weighted by Gasteiger charge is -2.47. The summed E-state index contributed by atoms with van der Waals surface area (Å²) in [5.74, 6) is 0. The minimum atomic E-state index is -4.16. The van der Waals surface area contributed by atoms with Gasteiger partial charge in [-0.1, -0.05) is 12.8 Å². The van der Waals surface area contributed by atoms with Crippen molar-refractivity contribution < 1.29 is 18.3 Å². The second-order valence-corrected chi connectivity index (χ2v) is 6.04. The standard InChI is InChI=1S/C13H22F3NO/c1-17(9-13(14,15)16)11-8-10(18)4-7-12(11)5-2-3-6-12/h10-11,18H,2-9H2,1H3. The fourth-order valence-corrected chi connectivity index (χ4v) is 3.95. The maximum Gasteiger partial charge on any atom is 0.401 e. The first-order valence-corrected chi connectivity index (χ1v) is 6.77. The van der Waals surface area contributed by atoms with E-state index >= 15 is 0 Å². The Morgan fingerprint density at radius 2 is 1.83 bits per heavy atom. The highest BCUT2D eigenvalue weighted by molar-refractivity contribution is 5.00. The van der Waals surface area contributed by atoms with Crippen molar-refractivity contribution in [2.75, 3.05) is 13.6 Å². The lowest BCUT2D eigenvalue weighted by Crippen LogP contribution is -2.52. The van der Waals surface area contributed by atoms with Crippen molar-refractivity contribution in [3.05, 3.63) is 0 Å². The molecule has 106 valence electrons. The Kier molecular flexibility index (Phi) is 3.93. The summed E-state index contributed by atoms with van der Waals surface area (Å²) in [6.07, 6.45) is 1.80. The van der Waals surface area contributed by atoms with E-state index in [0.29, 0.717) is 6.42 Å². The molecule has 2 atom stereocenters. The average Bonchev–Trinajstić information content (AvgIpc) is 2.69. The van der Waals surface area contributed by atoms with Gasteiger partial charge in [0.25, 0.3) is 0 Å². The molecule has 0 aromatic heterocycles. The molecule has 0 amide bonds. The topological polar surface area (TPSA) is 23.5 Å². The van der Waals surface area contributed by atoms with Gasteiger partial charge in [0.05, 0.1) is 12.6 Å². The SMILES string of the molecule is CN(CC(F)(F)F)C1CC(O)CCC12CCCC2. The Morgan fingerprint density at radius 3 is 2.39 bits per heavy atom. The molecule has 2 unspecified atom stereocenters. The van der Waals surface area contributed by atoms with E-state index in [9.17, 15) is 18.3 Å². The van der Waals surface area contributed by atoms with Gasteiger partial charge >= 0.3 is 6.18 Å². The molecule has 0 aromatic carbocycles. The summed E-state index contributed by atoms with van der Waals surface area (Å²) in [5.41, 5.74) is 0.0270. The summed E-state index contributed by atoms with van der Waals surface area (Å²) in [4.78, 5) is 1.42. The predicted octanol–water partition coefficient (Wildman–Crippen LogP) is 2.95. The molecule has 0 aliphatic heterocycles. The summed E-state index contributed by atoms with van der Waals surface area (Å²) in [7, 11) is 1.55. The molecule has 2 fully saturated rings. The van der Waals surface area contributed by atoms with Crippen LogP contribution in [0.1, 0.15) is 44.9 Å². The van der Waals surface area contributed by atoms with Gasteiger partial charge in [0, 0.05) is 6.04 Å². The Bertz CT molecular complexity index is 286. The summed E-state index contributed by atoms with van der Waals surface area (Å²) < 4.78 is 37.6. The molecule has 1 N–H and O–H groups in total. The second-order valence-electron chi connectivity index (χ2n) is 6.04. The van der Waals surface area contributed by atoms with Crippen LogP contribution in [0, 0.1) is 5.41 Å². The molecule has 0 aromatic rings. The van der Waals surface area contributed by atoms with Gasteiger partial charge in [-0.25, -0.2) is 0 Å². The summed E-state index contributed by atoms with van der Waals surface area (Å²) >= 11 is 0. The van der Waals surface area contributed by atoms with E-state index in [4.69, 9.17) is 0 Å². The molecule has 18 heavy (non-hydrogen) atoms. The molecule has 2 aliphatic carbocycles. The molecule has 5 heteroatoms. The van der Waals surface area contributed by atoms with Crippen LogP contribution in [0.25, 0.3) is 0 Å². The van der Waals surface area contributed by atoms with Crippen LogP contribution in [0.4, 0.5) is 13.2 Å². The fraction of sp³-hybridized carbons (Fsp3) is 1.00. The normalized spacial score (nSPS) is 32.3. The molecule has 2 aliphatic rings. The highest BCUT2D eigenvalue weighted by Crippen LogP contribution is 2.50. The minimum absolute atomic E-state index is 0.0270. The highest BCUT2D eigenvalue weighted by atomic mass is 19.4. The minimum Gasteiger partial charge on any atom is -0.393 e. The van der Waals surface area contributed by atoms with Gasteiger partial charge in [0.1, 0.15) is 0 Å². The predicted molar refractivity (Wildman–Crippen MR) is 63.2 cm³/mol. The lowest BCUT2D eigenvalue weighted by atomic mass is 9.67. The van der Waals surface area contributed by atoms with E-state index in [2.05, 4.69) is 0 Å². The molecule has 2 rings (SSSR count). The van der Waals surface area contributed by atoms with E-state index in [0.717, 1.165) is 38.5 Å². The van der Waals surface area contributed by atoms with Crippen molar-refractivity contribution >= 4 is 0 Å². The molecule has 0 bridgehead atoms. The Morgan fingerprint density at radius 1 is 1.22 bits per heavy atom. The molecular weight excluding hydrogens is 243 g/mol. The first-order chi connectivity index (χ1) is 8.32. The van der Waals surface area contributed by atoms with Gasteiger partial charge in [-0.3, -0.25) is 4.90 Å². The number of halogens is 3. The monoisotopic (exact) mass is 265 g/mol. The van der Waals surface area contributed by atoms with Crippen LogP contribution in [0.2, 0.25) is 0 Å². The maximum absolute atomic E-state index is 12.5. The van der Waals surface area contributed by atoms with E-state index in [1.165, 1.54) is 4.90 Å². The first-order valence-electron chi connectivity index (χ1n) is 6.77. The number of hydrogen-bond donors (Lipinski definition) is 1. The molecule has 0 radical (unpaired) electrons. The number of aliphatic hydroxyl groups is 1.